The maximum absolute atomic E-state index is 12.1. The Morgan fingerprint density at radius 1 is 1.26 bits per heavy atom. The van der Waals surface area contributed by atoms with Gasteiger partial charge >= 0.3 is 12.0 Å². The van der Waals surface area contributed by atoms with Crippen LogP contribution in [0.2, 0.25) is 0 Å². The van der Waals surface area contributed by atoms with Crippen LogP contribution in [0.15, 0.2) is 24.3 Å². The average Bonchev–Trinajstić information content (AvgIpc) is 2.96. The monoisotopic (exact) mass is 371 g/mol. The Labute approximate surface area is 160 Å². The highest BCUT2D eigenvalue weighted by atomic mass is 16.5. The fourth-order valence-electron chi connectivity index (χ4n) is 3.86. The number of fused-ring (bicyclic) bond motifs is 3. The Hall–Kier alpha value is -2.50. The van der Waals surface area contributed by atoms with Crippen LogP contribution in [0.3, 0.4) is 0 Å². The third-order valence-corrected chi connectivity index (χ3v) is 5.12. The molecule has 6 nitrogen and oxygen atoms in total. The Balaban J connectivity index is 1.78. The van der Waals surface area contributed by atoms with E-state index in [0.29, 0.717) is 13.2 Å². The van der Waals surface area contributed by atoms with Crippen LogP contribution < -0.4 is 10.6 Å². The molecule has 0 aliphatic heterocycles. The molecule has 0 saturated carbocycles. The second-order valence-electron chi connectivity index (χ2n) is 7.03. The molecular formula is C21H29N3O3. The lowest BCUT2D eigenvalue weighted by atomic mass is 9.91. The molecule has 0 unspecified atom stereocenters. The van der Waals surface area contributed by atoms with Crippen LogP contribution in [0.4, 0.5) is 4.79 Å². The van der Waals surface area contributed by atoms with Gasteiger partial charge in [-0.05, 0) is 44.2 Å². The van der Waals surface area contributed by atoms with Gasteiger partial charge in [-0.3, -0.25) is 4.79 Å². The van der Waals surface area contributed by atoms with E-state index in [-0.39, 0.29) is 24.6 Å². The van der Waals surface area contributed by atoms with Gasteiger partial charge in [0.2, 0.25) is 0 Å². The van der Waals surface area contributed by atoms with Gasteiger partial charge in [-0.25, -0.2) is 4.79 Å². The van der Waals surface area contributed by atoms with Gasteiger partial charge in [-0.15, -0.1) is 0 Å². The zero-order valence-electron chi connectivity index (χ0n) is 16.2. The number of urea groups is 1. The van der Waals surface area contributed by atoms with Crippen LogP contribution in [-0.4, -0.2) is 35.8 Å². The molecule has 2 amide bonds. The summed E-state index contributed by atoms with van der Waals surface area (Å²) in [4.78, 5) is 24.2. The fraction of sp³-hybridized carbons (Fsp3) is 0.524. The minimum Gasteiger partial charge on any atom is -0.465 e. The van der Waals surface area contributed by atoms with Gasteiger partial charge in [0, 0.05) is 29.2 Å². The number of carbonyl (C=O) groups is 2. The number of para-hydroxylation sites is 1. The minimum atomic E-state index is -0.211. The summed E-state index contributed by atoms with van der Waals surface area (Å²) in [7, 11) is 0. The first-order valence-electron chi connectivity index (χ1n) is 9.93. The van der Waals surface area contributed by atoms with Gasteiger partial charge in [-0.1, -0.05) is 31.5 Å². The van der Waals surface area contributed by atoms with Gasteiger partial charge in [0.25, 0.3) is 0 Å². The number of benzene rings is 1. The molecule has 146 valence electrons. The summed E-state index contributed by atoms with van der Waals surface area (Å²) < 4.78 is 7.23. The van der Waals surface area contributed by atoms with E-state index in [1.54, 1.807) is 0 Å². The highest BCUT2D eigenvalue weighted by Crippen LogP contribution is 2.32. The van der Waals surface area contributed by atoms with E-state index in [0.717, 1.165) is 43.0 Å². The molecule has 3 rings (SSSR count). The minimum absolute atomic E-state index is 0.0906. The normalized spacial score (nSPS) is 16.0. The number of nitrogens with one attached hydrogen (secondary N) is 2. The van der Waals surface area contributed by atoms with Crippen LogP contribution in [0.25, 0.3) is 10.9 Å². The zero-order chi connectivity index (χ0) is 19.2. The highest BCUT2D eigenvalue weighted by molar-refractivity contribution is 5.87. The molecule has 2 aromatic rings. The fourth-order valence-corrected chi connectivity index (χ4v) is 3.86. The van der Waals surface area contributed by atoms with Gasteiger partial charge in [-0.2, -0.15) is 0 Å². The van der Waals surface area contributed by atoms with Crippen LogP contribution in [0.5, 0.6) is 0 Å². The molecule has 6 heteroatoms. The molecular weight excluding hydrogens is 342 g/mol. The van der Waals surface area contributed by atoms with E-state index in [4.69, 9.17) is 4.74 Å². The number of ether oxygens (including phenoxy) is 1. The summed E-state index contributed by atoms with van der Waals surface area (Å²) in [6.45, 7) is 5.26. The molecule has 27 heavy (non-hydrogen) atoms. The van der Waals surface area contributed by atoms with Crippen molar-refractivity contribution in [2.24, 2.45) is 0 Å². The number of aromatic nitrogens is 1. The topological polar surface area (TPSA) is 72.4 Å². The lowest BCUT2D eigenvalue weighted by molar-refractivity contribution is -0.143. The quantitative estimate of drug-likeness (QED) is 0.580. The maximum atomic E-state index is 12.1. The lowest BCUT2D eigenvalue weighted by Gasteiger charge is -2.25. The molecule has 1 aliphatic carbocycles. The van der Waals surface area contributed by atoms with Crippen molar-refractivity contribution in [2.75, 3.05) is 13.2 Å². The largest absolute Gasteiger partial charge is 0.465 e. The van der Waals surface area contributed by atoms with Crippen molar-refractivity contribution >= 4 is 22.9 Å². The number of nitrogens with zero attached hydrogens (tertiary/aromatic N) is 1. The number of rotatable bonds is 7. The highest BCUT2D eigenvalue weighted by Gasteiger charge is 2.27. The first-order chi connectivity index (χ1) is 13.1. The molecule has 0 saturated heterocycles. The Morgan fingerprint density at radius 2 is 2.07 bits per heavy atom. The van der Waals surface area contributed by atoms with E-state index in [1.807, 2.05) is 25.1 Å². The average molecular weight is 371 g/mol. The molecule has 0 bridgehead atoms. The smallest absolute Gasteiger partial charge is 0.325 e. The lowest BCUT2D eigenvalue weighted by Crippen LogP contribution is -2.44. The van der Waals surface area contributed by atoms with E-state index in [2.05, 4.69) is 28.2 Å². The van der Waals surface area contributed by atoms with Gasteiger partial charge in [0.05, 0.1) is 6.61 Å². The number of hydrogen-bond acceptors (Lipinski definition) is 3. The summed E-state index contributed by atoms with van der Waals surface area (Å²) in [6, 6.07) is 8.18. The molecule has 2 N–H and O–H groups in total. The standard InChI is InChI=1S/C21H29N3O3/c1-3-5-12-22-21(26)23-15-10-11-19-17(13-15)16-8-6-7-9-18(16)24(19)14-20(25)27-4-2/h6-9,15H,3-5,10-14H2,1-2H3,(H2,22,23,26)/t15-/m0/s1. The van der Waals surface area contributed by atoms with Gasteiger partial charge in [0.1, 0.15) is 6.54 Å². The molecule has 1 atom stereocenters. The van der Waals surface area contributed by atoms with E-state index < -0.39 is 0 Å². The summed E-state index contributed by atoms with van der Waals surface area (Å²) in [5, 5.41) is 7.19. The molecule has 1 aliphatic rings. The number of carbonyl (C=O) groups excluding carboxylic acids is 2. The SMILES string of the molecule is CCCCNC(=O)N[C@H]1CCc2c(c3ccccc3n2CC(=O)OCC)C1. The van der Waals surface area contributed by atoms with Crippen molar-refractivity contribution in [3.8, 4) is 0 Å². The number of amides is 2. The van der Waals surface area contributed by atoms with E-state index >= 15 is 0 Å². The Kier molecular flexibility index (Phi) is 6.37. The number of esters is 1. The van der Waals surface area contributed by atoms with Gasteiger partial charge < -0.3 is 19.9 Å². The zero-order valence-corrected chi connectivity index (χ0v) is 16.2. The van der Waals surface area contributed by atoms with Crippen molar-refractivity contribution in [1.82, 2.24) is 15.2 Å². The molecule has 0 radical (unpaired) electrons. The molecule has 1 heterocycles. The van der Waals surface area contributed by atoms with E-state index in [9.17, 15) is 9.59 Å². The van der Waals surface area contributed by atoms with Crippen LogP contribution in [0.1, 0.15) is 44.4 Å². The molecule has 1 aromatic heterocycles. The summed E-state index contributed by atoms with van der Waals surface area (Å²) in [5.41, 5.74) is 3.48. The number of hydrogen-bond donors (Lipinski definition) is 2. The molecule has 0 fully saturated rings. The third kappa shape index (κ3) is 4.43. The molecule has 1 aromatic carbocycles. The third-order valence-electron chi connectivity index (χ3n) is 5.12. The summed E-state index contributed by atoms with van der Waals surface area (Å²) in [6.07, 6.45) is 4.54. The Bertz CT molecular complexity index is 812. The van der Waals surface area contributed by atoms with Crippen LogP contribution in [0, 0.1) is 0 Å². The maximum Gasteiger partial charge on any atom is 0.325 e. The van der Waals surface area contributed by atoms with Gasteiger partial charge in [0.15, 0.2) is 0 Å². The van der Waals surface area contributed by atoms with Crippen molar-refractivity contribution in [1.29, 1.82) is 0 Å². The number of unbranched alkanes of at least 4 members (excludes halogenated alkanes) is 1. The first kappa shape index (κ1) is 19.3. The van der Waals surface area contributed by atoms with Crippen molar-refractivity contribution in [2.45, 2.75) is 58.5 Å². The second-order valence-corrected chi connectivity index (χ2v) is 7.03. The second kappa shape index (κ2) is 8.93. The summed E-state index contributed by atoms with van der Waals surface area (Å²) >= 11 is 0. The predicted molar refractivity (Wildman–Crippen MR) is 106 cm³/mol. The predicted octanol–water partition coefficient (Wildman–Crippen LogP) is 3.16. The van der Waals surface area contributed by atoms with Crippen molar-refractivity contribution in [3.63, 3.8) is 0 Å². The molecule has 0 spiro atoms. The van der Waals surface area contributed by atoms with E-state index in [1.165, 1.54) is 11.3 Å². The van der Waals surface area contributed by atoms with Crippen molar-refractivity contribution < 1.29 is 14.3 Å². The Morgan fingerprint density at radius 3 is 2.85 bits per heavy atom. The van der Waals surface area contributed by atoms with Crippen LogP contribution in [-0.2, 0) is 28.9 Å². The first-order valence-corrected chi connectivity index (χ1v) is 9.93. The summed E-state index contributed by atoms with van der Waals surface area (Å²) in [5.74, 6) is -0.211. The van der Waals surface area contributed by atoms with Crippen LogP contribution >= 0.6 is 0 Å². The van der Waals surface area contributed by atoms with Crippen molar-refractivity contribution in [3.05, 3.63) is 35.5 Å².